The van der Waals surface area contributed by atoms with E-state index >= 15 is 0 Å². The minimum atomic E-state index is -0.435. The number of para-hydroxylation sites is 1. The van der Waals surface area contributed by atoms with Crippen molar-refractivity contribution >= 4 is 17.6 Å². The number of nitrogens with one attached hydrogen (secondary N) is 3. The van der Waals surface area contributed by atoms with Crippen molar-refractivity contribution in [1.29, 1.82) is 0 Å². The predicted octanol–water partition coefficient (Wildman–Crippen LogP) is 1.58. The first-order chi connectivity index (χ1) is 11.7. The average molecular weight is 325 g/mol. The van der Waals surface area contributed by atoms with Gasteiger partial charge in [-0.3, -0.25) is 0 Å². The molecule has 2 aromatic carbocycles. The molecule has 0 radical (unpaired) electrons. The number of benzene rings is 2. The SMILES string of the molecule is C[C@@H](Cc1ccccc1)[NH+]1CC(=NC(=O)Nc2ccccc2)ON1. The summed E-state index contributed by atoms with van der Waals surface area (Å²) in [7, 11) is 0. The minimum absolute atomic E-state index is 0.289. The lowest BCUT2D eigenvalue weighted by atomic mass is 10.1. The van der Waals surface area contributed by atoms with E-state index in [0.717, 1.165) is 11.4 Å². The highest BCUT2D eigenvalue weighted by Gasteiger charge is 2.29. The third-order valence-electron chi connectivity index (χ3n) is 3.87. The molecule has 1 heterocycles. The van der Waals surface area contributed by atoms with Crippen molar-refractivity contribution in [2.75, 3.05) is 11.9 Å². The summed E-state index contributed by atoms with van der Waals surface area (Å²) < 4.78 is 0. The fraction of sp³-hybridized carbons (Fsp3) is 0.222. The highest BCUT2D eigenvalue weighted by Crippen LogP contribution is 2.05. The summed E-state index contributed by atoms with van der Waals surface area (Å²) in [5, 5.41) is 3.74. The molecule has 2 atom stereocenters. The number of carbonyl (C=O) groups excluding carboxylic acids is 1. The molecule has 6 heteroatoms. The number of hydrogen-bond acceptors (Lipinski definition) is 3. The molecular formula is C18H21N4O2+. The van der Waals surface area contributed by atoms with E-state index in [-0.39, 0.29) is 6.04 Å². The molecule has 124 valence electrons. The van der Waals surface area contributed by atoms with Gasteiger partial charge >= 0.3 is 6.03 Å². The van der Waals surface area contributed by atoms with Crippen LogP contribution in [-0.4, -0.2) is 24.5 Å². The molecule has 1 aliphatic heterocycles. The van der Waals surface area contributed by atoms with E-state index in [1.54, 1.807) is 0 Å². The van der Waals surface area contributed by atoms with Gasteiger partial charge in [0.1, 0.15) is 6.04 Å². The molecule has 1 aliphatic rings. The maximum absolute atomic E-state index is 11.9. The Balaban J connectivity index is 1.53. The Labute approximate surface area is 141 Å². The van der Waals surface area contributed by atoms with Gasteiger partial charge in [0.15, 0.2) is 6.54 Å². The van der Waals surface area contributed by atoms with Gasteiger partial charge in [0.2, 0.25) is 0 Å². The zero-order valence-electron chi connectivity index (χ0n) is 13.5. The fourth-order valence-electron chi connectivity index (χ4n) is 2.57. The molecule has 0 saturated carbocycles. The van der Waals surface area contributed by atoms with Crippen molar-refractivity contribution in [1.82, 2.24) is 5.59 Å². The number of aliphatic imine (C=N–C) groups is 1. The van der Waals surface area contributed by atoms with E-state index < -0.39 is 6.03 Å². The van der Waals surface area contributed by atoms with Gasteiger partial charge < -0.3 is 10.2 Å². The lowest BCUT2D eigenvalue weighted by molar-refractivity contribution is -0.968. The van der Waals surface area contributed by atoms with Crippen molar-refractivity contribution in [2.24, 2.45) is 4.99 Å². The van der Waals surface area contributed by atoms with Crippen LogP contribution in [0.4, 0.5) is 10.5 Å². The summed E-state index contributed by atoms with van der Waals surface area (Å²) in [4.78, 5) is 21.2. The molecule has 0 aromatic heterocycles. The van der Waals surface area contributed by atoms with Gasteiger partial charge in [-0.1, -0.05) is 48.5 Å². The molecule has 1 saturated heterocycles. The molecule has 0 bridgehead atoms. The second-order valence-electron chi connectivity index (χ2n) is 5.80. The summed E-state index contributed by atoms with van der Waals surface area (Å²) >= 11 is 0. The number of amides is 2. The Morgan fingerprint density at radius 1 is 1.21 bits per heavy atom. The first-order valence-electron chi connectivity index (χ1n) is 7.97. The molecule has 1 unspecified atom stereocenters. The topological polar surface area (TPSA) is 67.2 Å². The lowest BCUT2D eigenvalue weighted by Crippen LogP contribution is -3.19. The minimum Gasteiger partial charge on any atom is -0.341 e. The fourth-order valence-corrected chi connectivity index (χ4v) is 2.57. The second-order valence-corrected chi connectivity index (χ2v) is 5.80. The van der Waals surface area contributed by atoms with Crippen LogP contribution in [0.15, 0.2) is 65.7 Å². The van der Waals surface area contributed by atoms with Crippen LogP contribution in [0.3, 0.4) is 0 Å². The highest BCUT2D eigenvalue weighted by atomic mass is 16.7. The Hall–Kier alpha value is -2.70. The molecule has 6 nitrogen and oxygen atoms in total. The Morgan fingerprint density at radius 3 is 2.58 bits per heavy atom. The van der Waals surface area contributed by atoms with Crippen molar-refractivity contribution in [2.45, 2.75) is 19.4 Å². The summed E-state index contributed by atoms with van der Waals surface area (Å²) in [5.41, 5.74) is 4.88. The quantitative estimate of drug-likeness (QED) is 0.800. The maximum Gasteiger partial charge on any atom is 0.348 e. The van der Waals surface area contributed by atoms with Crippen molar-refractivity contribution < 1.29 is 14.6 Å². The van der Waals surface area contributed by atoms with Crippen LogP contribution >= 0.6 is 0 Å². The highest BCUT2D eigenvalue weighted by molar-refractivity contribution is 5.98. The smallest absolute Gasteiger partial charge is 0.341 e. The molecular weight excluding hydrogens is 304 g/mol. The summed E-state index contributed by atoms with van der Waals surface area (Å²) in [6.45, 7) is 2.65. The zero-order chi connectivity index (χ0) is 16.8. The molecule has 0 aliphatic carbocycles. The third kappa shape index (κ3) is 4.41. The van der Waals surface area contributed by atoms with Crippen LogP contribution in [0, 0.1) is 0 Å². The predicted molar refractivity (Wildman–Crippen MR) is 92.6 cm³/mol. The van der Waals surface area contributed by atoms with Crippen LogP contribution in [0.1, 0.15) is 12.5 Å². The standard InChI is InChI=1S/C18H20N4O2/c1-14(12-15-8-4-2-5-9-15)22-13-17(24-21-22)20-18(23)19-16-10-6-3-7-11-16/h2-11,14,21H,12-13H2,1H3,(H,19,23)/p+1/t14-/m0/s1. The number of urea groups is 1. The van der Waals surface area contributed by atoms with Crippen LogP contribution in [0.5, 0.6) is 0 Å². The molecule has 0 spiro atoms. The van der Waals surface area contributed by atoms with Crippen molar-refractivity contribution in [3.05, 3.63) is 66.2 Å². The number of anilines is 1. The van der Waals surface area contributed by atoms with E-state index in [9.17, 15) is 4.79 Å². The number of rotatable bonds is 4. The molecule has 3 N–H and O–H groups in total. The van der Waals surface area contributed by atoms with Crippen LogP contribution in [-0.2, 0) is 11.3 Å². The van der Waals surface area contributed by atoms with Gasteiger partial charge in [-0.25, -0.2) is 9.80 Å². The third-order valence-corrected chi connectivity index (χ3v) is 3.87. The molecule has 2 amide bonds. The molecule has 3 rings (SSSR count). The monoisotopic (exact) mass is 325 g/mol. The van der Waals surface area contributed by atoms with Crippen molar-refractivity contribution in [3.63, 3.8) is 0 Å². The molecule has 24 heavy (non-hydrogen) atoms. The Morgan fingerprint density at radius 2 is 1.88 bits per heavy atom. The van der Waals surface area contributed by atoms with Gasteiger partial charge in [0.05, 0.1) is 0 Å². The van der Waals surface area contributed by atoms with Gasteiger partial charge in [-0.15, -0.1) is 0 Å². The normalized spacial score (nSPS) is 19.7. The number of carbonyl (C=O) groups is 1. The van der Waals surface area contributed by atoms with Crippen LogP contribution < -0.4 is 15.9 Å². The molecule has 1 fully saturated rings. The van der Waals surface area contributed by atoms with E-state index in [1.807, 2.05) is 48.5 Å². The zero-order valence-corrected chi connectivity index (χ0v) is 13.5. The number of nitrogens with zero attached hydrogens (tertiary/aromatic N) is 1. The average Bonchev–Trinajstić information content (AvgIpc) is 3.05. The van der Waals surface area contributed by atoms with E-state index in [0.29, 0.717) is 18.1 Å². The Bertz CT molecular complexity index is 703. The maximum atomic E-state index is 11.9. The van der Waals surface area contributed by atoms with Gasteiger partial charge in [-0.05, 0) is 24.6 Å². The first kappa shape index (κ1) is 16.2. The largest absolute Gasteiger partial charge is 0.348 e. The van der Waals surface area contributed by atoms with Gasteiger partial charge in [0.25, 0.3) is 5.90 Å². The summed E-state index contributed by atoms with van der Waals surface area (Å²) in [5.74, 6) is 0.387. The molecule has 2 aromatic rings. The number of quaternary nitrogens is 1. The number of hydrogen-bond donors (Lipinski definition) is 3. The van der Waals surface area contributed by atoms with Gasteiger partial charge in [0, 0.05) is 17.7 Å². The second kappa shape index (κ2) is 7.72. The van der Waals surface area contributed by atoms with E-state index in [2.05, 4.69) is 35.0 Å². The van der Waals surface area contributed by atoms with E-state index in [4.69, 9.17) is 4.84 Å². The lowest BCUT2D eigenvalue weighted by Gasteiger charge is -2.16. The summed E-state index contributed by atoms with van der Waals surface area (Å²) in [6.07, 6.45) is 0.913. The van der Waals surface area contributed by atoms with Crippen molar-refractivity contribution in [3.8, 4) is 0 Å². The van der Waals surface area contributed by atoms with Gasteiger partial charge in [-0.2, -0.15) is 4.99 Å². The summed E-state index contributed by atoms with van der Waals surface area (Å²) in [6, 6.07) is 19.4. The first-order valence-corrected chi connectivity index (χ1v) is 7.97. The van der Waals surface area contributed by atoms with Crippen LogP contribution in [0.2, 0.25) is 0 Å². The van der Waals surface area contributed by atoms with Crippen LogP contribution in [0.25, 0.3) is 0 Å². The van der Waals surface area contributed by atoms with E-state index in [1.165, 1.54) is 5.56 Å². The Kier molecular flexibility index (Phi) is 5.20.